The van der Waals surface area contributed by atoms with Crippen molar-refractivity contribution in [3.63, 3.8) is 0 Å². The molecule has 1 aromatic carbocycles. The van der Waals surface area contributed by atoms with Crippen LogP contribution in [0.2, 0.25) is 0 Å². The smallest absolute Gasteiger partial charge is 0.245 e. The SMILES string of the molecule is CCN(CC(=O)Nc1cc(C(C)(C)C)nn1-c1ccc(F)cc1)C(=O)C(C)(C)CCl. The van der Waals surface area contributed by atoms with E-state index in [0.29, 0.717) is 18.1 Å². The van der Waals surface area contributed by atoms with E-state index in [1.807, 2.05) is 27.7 Å². The number of rotatable bonds is 7. The van der Waals surface area contributed by atoms with E-state index >= 15 is 0 Å². The Kier molecular flexibility index (Phi) is 7.29. The largest absolute Gasteiger partial charge is 0.333 e. The molecule has 0 radical (unpaired) electrons. The molecule has 30 heavy (non-hydrogen) atoms. The van der Waals surface area contributed by atoms with Gasteiger partial charge in [0.2, 0.25) is 11.8 Å². The molecular weight excluding hydrogens is 407 g/mol. The number of aromatic nitrogens is 2. The number of carbonyl (C=O) groups is 2. The topological polar surface area (TPSA) is 67.2 Å². The number of likely N-dealkylation sites (N-methyl/N-ethyl adjacent to an activating group) is 1. The van der Waals surface area contributed by atoms with Crippen LogP contribution >= 0.6 is 11.6 Å². The summed E-state index contributed by atoms with van der Waals surface area (Å²) in [5.41, 5.74) is 0.385. The number of halogens is 2. The molecule has 2 rings (SSSR count). The zero-order chi connectivity index (χ0) is 22.7. The van der Waals surface area contributed by atoms with Gasteiger partial charge in [-0.3, -0.25) is 9.59 Å². The summed E-state index contributed by atoms with van der Waals surface area (Å²) in [6.45, 7) is 11.7. The normalized spacial score (nSPS) is 12.0. The van der Waals surface area contributed by atoms with Crippen LogP contribution in [0.4, 0.5) is 10.2 Å². The lowest BCUT2D eigenvalue weighted by molar-refractivity contribution is -0.141. The lowest BCUT2D eigenvalue weighted by atomic mass is 9.92. The second kappa shape index (κ2) is 9.16. The maximum Gasteiger partial charge on any atom is 0.245 e. The van der Waals surface area contributed by atoms with Crippen molar-refractivity contribution in [3.8, 4) is 5.69 Å². The van der Waals surface area contributed by atoms with Gasteiger partial charge in [0, 0.05) is 23.9 Å². The highest BCUT2D eigenvalue weighted by atomic mass is 35.5. The highest BCUT2D eigenvalue weighted by molar-refractivity contribution is 6.19. The van der Waals surface area contributed by atoms with Crippen molar-refractivity contribution in [2.45, 2.75) is 47.0 Å². The summed E-state index contributed by atoms with van der Waals surface area (Å²) < 4.78 is 14.9. The predicted molar refractivity (Wildman–Crippen MR) is 118 cm³/mol. The Morgan fingerprint density at radius 1 is 1.17 bits per heavy atom. The Morgan fingerprint density at radius 3 is 2.27 bits per heavy atom. The fourth-order valence-electron chi connectivity index (χ4n) is 2.78. The molecule has 0 aliphatic rings. The van der Waals surface area contributed by atoms with Gasteiger partial charge in [-0.15, -0.1) is 11.6 Å². The first-order chi connectivity index (χ1) is 13.9. The van der Waals surface area contributed by atoms with E-state index in [4.69, 9.17) is 11.6 Å². The van der Waals surface area contributed by atoms with Crippen molar-refractivity contribution in [1.29, 1.82) is 0 Å². The molecule has 0 spiro atoms. The first-order valence-electron chi connectivity index (χ1n) is 9.90. The standard InChI is InChI=1S/C22H30ClFN4O2/c1-7-27(20(30)22(5,6)14-23)13-19(29)25-18-12-17(21(2,3)4)26-28(18)16-10-8-15(24)9-11-16/h8-12H,7,13-14H2,1-6H3,(H,25,29). The molecule has 0 fully saturated rings. The summed E-state index contributed by atoms with van der Waals surface area (Å²) in [4.78, 5) is 26.9. The summed E-state index contributed by atoms with van der Waals surface area (Å²) >= 11 is 5.91. The fourth-order valence-corrected chi connectivity index (χ4v) is 2.90. The van der Waals surface area contributed by atoms with E-state index in [0.717, 1.165) is 5.69 Å². The maximum atomic E-state index is 13.3. The summed E-state index contributed by atoms with van der Waals surface area (Å²) in [6, 6.07) is 7.66. The number of nitrogens with zero attached hydrogens (tertiary/aromatic N) is 3. The highest BCUT2D eigenvalue weighted by Crippen LogP contribution is 2.26. The average molecular weight is 437 g/mol. The number of hydrogen-bond donors (Lipinski definition) is 1. The van der Waals surface area contributed by atoms with Gasteiger partial charge in [-0.1, -0.05) is 20.8 Å². The van der Waals surface area contributed by atoms with Crippen LogP contribution in [0.15, 0.2) is 30.3 Å². The molecule has 1 heterocycles. The van der Waals surface area contributed by atoms with E-state index in [1.165, 1.54) is 17.0 Å². The summed E-state index contributed by atoms with van der Waals surface area (Å²) in [5, 5.41) is 7.45. The zero-order valence-corrected chi connectivity index (χ0v) is 19.2. The molecule has 2 amide bonds. The molecule has 2 aromatic rings. The molecule has 8 heteroatoms. The molecular formula is C22H30ClFN4O2. The van der Waals surface area contributed by atoms with Gasteiger partial charge in [-0.25, -0.2) is 9.07 Å². The lowest BCUT2D eigenvalue weighted by Crippen LogP contribution is -2.45. The number of nitrogens with one attached hydrogen (secondary N) is 1. The number of amides is 2. The number of hydrogen-bond acceptors (Lipinski definition) is 3. The third kappa shape index (κ3) is 5.59. The van der Waals surface area contributed by atoms with Gasteiger partial charge in [0.1, 0.15) is 11.6 Å². The quantitative estimate of drug-likeness (QED) is 0.655. The zero-order valence-electron chi connectivity index (χ0n) is 18.4. The van der Waals surface area contributed by atoms with Crippen LogP contribution in [0.1, 0.15) is 47.2 Å². The van der Waals surface area contributed by atoms with Crippen LogP contribution < -0.4 is 5.32 Å². The van der Waals surface area contributed by atoms with Gasteiger partial charge >= 0.3 is 0 Å². The molecule has 0 atom stereocenters. The van der Waals surface area contributed by atoms with Gasteiger partial charge in [0.25, 0.3) is 0 Å². The molecule has 1 aromatic heterocycles. The second-order valence-electron chi connectivity index (χ2n) is 8.94. The van der Waals surface area contributed by atoms with E-state index < -0.39 is 5.41 Å². The summed E-state index contributed by atoms with van der Waals surface area (Å²) in [7, 11) is 0. The Hall–Kier alpha value is -2.41. The van der Waals surface area contributed by atoms with Crippen LogP contribution in [-0.2, 0) is 15.0 Å². The van der Waals surface area contributed by atoms with E-state index in [9.17, 15) is 14.0 Å². The molecule has 0 unspecified atom stereocenters. The second-order valence-corrected chi connectivity index (χ2v) is 9.21. The monoisotopic (exact) mass is 436 g/mol. The van der Waals surface area contributed by atoms with Crippen molar-refractivity contribution in [2.75, 3.05) is 24.3 Å². The van der Waals surface area contributed by atoms with Gasteiger partial charge in [0.05, 0.1) is 23.3 Å². The van der Waals surface area contributed by atoms with Crippen LogP contribution in [0.3, 0.4) is 0 Å². The van der Waals surface area contributed by atoms with E-state index in [-0.39, 0.29) is 35.5 Å². The third-order valence-electron chi connectivity index (χ3n) is 4.73. The molecule has 0 aliphatic carbocycles. The van der Waals surface area contributed by atoms with Crippen molar-refractivity contribution in [1.82, 2.24) is 14.7 Å². The fraction of sp³-hybridized carbons (Fsp3) is 0.500. The molecule has 0 aliphatic heterocycles. The van der Waals surface area contributed by atoms with E-state index in [1.54, 1.807) is 36.7 Å². The van der Waals surface area contributed by atoms with Crippen LogP contribution in [0, 0.1) is 11.2 Å². The summed E-state index contributed by atoms with van der Waals surface area (Å²) in [6.07, 6.45) is 0. The first kappa shape index (κ1) is 23.9. The highest BCUT2D eigenvalue weighted by Gasteiger charge is 2.31. The van der Waals surface area contributed by atoms with Gasteiger partial charge < -0.3 is 10.2 Å². The van der Waals surface area contributed by atoms with E-state index in [2.05, 4.69) is 10.4 Å². The minimum absolute atomic E-state index is 0.102. The molecule has 0 saturated heterocycles. The van der Waals surface area contributed by atoms with Crippen molar-refractivity contribution >= 4 is 29.2 Å². The number of alkyl halides is 1. The van der Waals surface area contributed by atoms with Crippen LogP contribution in [0.5, 0.6) is 0 Å². The molecule has 6 nitrogen and oxygen atoms in total. The average Bonchev–Trinajstić information content (AvgIpc) is 3.10. The lowest BCUT2D eigenvalue weighted by Gasteiger charge is -2.29. The van der Waals surface area contributed by atoms with Crippen LogP contribution in [0.25, 0.3) is 5.69 Å². The summed E-state index contributed by atoms with van der Waals surface area (Å²) in [5.74, 6) is -0.268. The molecule has 164 valence electrons. The Balaban J connectivity index is 2.30. The number of carbonyl (C=O) groups excluding carboxylic acids is 2. The van der Waals surface area contributed by atoms with Gasteiger partial charge in [-0.2, -0.15) is 5.10 Å². The van der Waals surface area contributed by atoms with Crippen LogP contribution in [-0.4, -0.2) is 45.5 Å². The maximum absolute atomic E-state index is 13.3. The minimum Gasteiger partial charge on any atom is -0.333 e. The molecule has 0 saturated carbocycles. The third-order valence-corrected chi connectivity index (χ3v) is 5.40. The molecule has 1 N–H and O–H groups in total. The van der Waals surface area contributed by atoms with Crippen molar-refractivity contribution in [2.24, 2.45) is 5.41 Å². The Labute approximate surface area is 182 Å². The Bertz CT molecular complexity index is 901. The first-order valence-corrected chi connectivity index (χ1v) is 10.4. The Morgan fingerprint density at radius 2 is 1.77 bits per heavy atom. The van der Waals surface area contributed by atoms with Crippen molar-refractivity contribution < 1.29 is 14.0 Å². The number of anilines is 1. The molecule has 0 bridgehead atoms. The van der Waals surface area contributed by atoms with Crippen molar-refractivity contribution in [3.05, 3.63) is 41.8 Å². The minimum atomic E-state index is -0.757. The number of benzene rings is 1. The van der Waals surface area contributed by atoms with Gasteiger partial charge in [-0.05, 0) is 45.0 Å². The predicted octanol–water partition coefficient (Wildman–Crippen LogP) is 4.36. The van der Waals surface area contributed by atoms with Gasteiger partial charge in [0.15, 0.2) is 0 Å².